The zero-order chi connectivity index (χ0) is 22.9. The van der Waals surface area contributed by atoms with E-state index < -0.39 is 5.54 Å². The Bertz CT molecular complexity index is 1160. The Hall–Kier alpha value is -3.13. The van der Waals surface area contributed by atoms with Crippen LogP contribution in [0.5, 0.6) is 0 Å². The number of nitrogens with zero attached hydrogens (tertiary/aromatic N) is 2. The fourth-order valence-electron chi connectivity index (χ4n) is 4.67. The predicted molar refractivity (Wildman–Crippen MR) is 126 cm³/mol. The summed E-state index contributed by atoms with van der Waals surface area (Å²) in [5.41, 5.74) is 5.54. The highest BCUT2D eigenvalue weighted by molar-refractivity contribution is 5.90. The molecule has 2 aromatic heterocycles. The zero-order valence-electron chi connectivity index (χ0n) is 19.3. The molecule has 170 valence electrons. The topological polar surface area (TPSA) is 102 Å². The molecule has 1 saturated heterocycles. The van der Waals surface area contributed by atoms with Gasteiger partial charge in [0.2, 0.25) is 0 Å². The van der Waals surface area contributed by atoms with Crippen LogP contribution in [0, 0.1) is 0 Å². The van der Waals surface area contributed by atoms with Gasteiger partial charge in [-0.05, 0) is 49.1 Å². The number of hydrogen-bond acceptors (Lipinski definition) is 6. The molecule has 1 fully saturated rings. The van der Waals surface area contributed by atoms with Gasteiger partial charge in [-0.3, -0.25) is 14.6 Å². The SMILES string of the molecule is CCc1cc2ncc(CC3=C(N4CCNCC4)[C@](C)(C(=O)NC)NC=C3C)cc2[nH]c1=O. The number of allylic oxidation sites excluding steroid dienone is 2. The van der Waals surface area contributed by atoms with E-state index in [1.807, 2.05) is 38.4 Å². The molecule has 0 aliphatic carbocycles. The van der Waals surface area contributed by atoms with Crippen LogP contribution in [0.15, 0.2) is 46.2 Å². The maximum Gasteiger partial charge on any atom is 0.251 e. The molecule has 4 rings (SSSR count). The average molecular weight is 437 g/mol. The minimum atomic E-state index is -0.866. The molecular weight excluding hydrogens is 404 g/mol. The van der Waals surface area contributed by atoms with E-state index in [1.54, 1.807) is 7.05 Å². The fourth-order valence-corrected chi connectivity index (χ4v) is 4.67. The molecule has 1 atom stereocenters. The van der Waals surface area contributed by atoms with E-state index >= 15 is 0 Å². The highest BCUT2D eigenvalue weighted by atomic mass is 16.2. The van der Waals surface area contributed by atoms with Crippen molar-refractivity contribution < 1.29 is 4.79 Å². The maximum absolute atomic E-state index is 13.0. The monoisotopic (exact) mass is 436 g/mol. The van der Waals surface area contributed by atoms with Gasteiger partial charge in [0.05, 0.1) is 16.7 Å². The molecule has 2 aromatic rings. The minimum Gasteiger partial charge on any atom is -0.372 e. The van der Waals surface area contributed by atoms with Crippen molar-refractivity contribution in [3.63, 3.8) is 0 Å². The molecule has 0 saturated carbocycles. The second kappa shape index (κ2) is 8.78. The van der Waals surface area contributed by atoms with E-state index in [2.05, 4.69) is 37.7 Å². The Morgan fingerprint density at radius 3 is 2.72 bits per heavy atom. The first-order chi connectivity index (χ1) is 15.4. The number of H-pyrrole nitrogens is 1. The number of likely N-dealkylation sites (N-methyl/N-ethyl adjacent to an activating group) is 1. The fraction of sp³-hybridized carbons (Fsp3) is 0.458. The van der Waals surface area contributed by atoms with E-state index in [0.717, 1.165) is 65.2 Å². The van der Waals surface area contributed by atoms with Crippen LogP contribution in [0.4, 0.5) is 0 Å². The van der Waals surface area contributed by atoms with Crippen molar-refractivity contribution in [2.24, 2.45) is 0 Å². The lowest BCUT2D eigenvalue weighted by molar-refractivity contribution is -0.125. The first kappa shape index (κ1) is 22.1. The Balaban J connectivity index is 1.81. The molecule has 0 bridgehead atoms. The molecule has 8 heteroatoms. The van der Waals surface area contributed by atoms with Crippen LogP contribution in [0.3, 0.4) is 0 Å². The van der Waals surface area contributed by atoms with Crippen LogP contribution in [0.2, 0.25) is 0 Å². The van der Waals surface area contributed by atoms with E-state index in [1.165, 1.54) is 0 Å². The van der Waals surface area contributed by atoms with Crippen LogP contribution in [-0.4, -0.2) is 59.5 Å². The summed E-state index contributed by atoms with van der Waals surface area (Å²) in [4.78, 5) is 35.2. The molecule has 32 heavy (non-hydrogen) atoms. The van der Waals surface area contributed by atoms with Gasteiger partial charge < -0.3 is 25.8 Å². The summed E-state index contributed by atoms with van der Waals surface area (Å²) in [5, 5.41) is 9.57. The lowest BCUT2D eigenvalue weighted by atomic mass is 9.83. The van der Waals surface area contributed by atoms with E-state index in [0.29, 0.717) is 12.8 Å². The van der Waals surface area contributed by atoms with E-state index in [4.69, 9.17) is 0 Å². The van der Waals surface area contributed by atoms with Crippen molar-refractivity contribution in [3.05, 3.63) is 62.9 Å². The zero-order valence-corrected chi connectivity index (χ0v) is 19.3. The number of dihydropyridines is 1. The number of aryl methyl sites for hydroxylation is 1. The first-order valence-corrected chi connectivity index (χ1v) is 11.2. The standard InChI is InChI=1S/C24H32N6O2/c1-5-17-12-19-20(29-22(17)31)11-16(14-27-19)10-18-15(2)13-28-24(3,23(32)25-4)21(18)30-8-6-26-7-9-30/h11-14,26,28H,5-10H2,1-4H3,(H,25,32)(H,29,31)/t24-/m1/s1. The molecule has 0 radical (unpaired) electrons. The van der Waals surface area contributed by atoms with Crippen LogP contribution in [0.25, 0.3) is 11.0 Å². The normalized spacial score (nSPS) is 21.4. The summed E-state index contributed by atoms with van der Waals surface area (Å²) >= 11 is 0. The molecular formula is C24H32N6O2. The summed E-state index contributed by atoms with van der Waals surface area (Å²) < 4.78 is 0. The smallest absolute Gasteiger partial charge is 0.251 e. The number of amides is 1. The Kier molecular flexibility index (Phi) is 6.06. The highest BCUT2D eigenvalue weighted by Gasteiger charge is 2.43. The molecule has 0 unspecified atom stereocenters. The maximum atomic E-state index is 13.0. The highest BCUT2D eigenvalue weighted by Crippen LogP contribution is 2.34. The van der Waals surface area contributed by atoms with Crippen LogP contribution in [-0.2, 0) is 17.6 Å². The second-order valence-electron chi connectivity index (χ2n) is 8.67. The van der Waals surface area contributed by atoms with Gasteiger partial charge in [-0.15, -0.1) is 0 Å². The van der Waals surface area contributed by atoms with Crippen LogP contribution in [0.1, 0.15) is 31.9 Å². The van der Waals surface area contributed by atoms with Crippen molar-refractivity contribution in [3.8, 4) is 0 Å². The van der Waals surface area contributed by atoms with Gasteiger partial charge in [0.15, 0.2) is 5.54 Å². The van der Waals surface area contributed by atoms with Crippen molar-refractivity contribution in [2.45, 2.75) is 39.2 Å². The van der Waals surface area contributed by atoms with Gasteiger partial charge in [0.1, 0.15) is 0 Å². The van der Waals surface area contributed by atoms with Gasteiger partial charge in [0, 0.05) is 57.6 Å². The van der Waals surface area contributed by atoms with Gasteiger partial charge >= 0.3 is 0 Å². The molecule has 2 aliphatic rings. The van der Waals surface area contributed by atoms with Gasteiger partial charge in [-0.25, -0.2) is 0 Å². The number of carbonyl (C=O) groups excluding carboxylic acids is 1. The third-order valence-electron chi connectivity index (χ3n) is 6.51. The number of piperazine rings is 1. The van der Waals surface area contributed by atoms with E-state index in [9.17, 15) is 9.59 Å². The van der Waals surface area contributed by atoms with Gasteiger partial charge in [-0.2, -0.15) is 0 Å². The minimum absolute atomic E-state index is 0.0650. The second-order valence-corrected chi connectivity index (χ2v) is 8.67. The quantitative estimate of drug-likeness (QED) is 0.562. The van der Waals surface area contributed by atoms with Crippen LogP contribution < -0.4 is 21.5 Å². The predicted octanol–water partition coefficient (Wildman–Crippen LogP) is 1.20. The molecule has 0 spiro atoms. The van der Waals surface area contributed by atoms with Gasteiger partial charge in [0.25, 0.3) is 11.5 Å². The lowest BCUT2D eigenvalue weighted by Gasteiger charge is -2.44. The van der Waals surface area contributed by atoms with Crippen molar-refractivity contribution in [2.75, 3.05) is 33.2 Å². The lowest BCUT2D eigenvalue weighted by Crippen LogP contribution is -2.60. The number of carbonyl (C=O) groups is 1. The first-order valence-electron chi connectivity index (χ1n) is 11.2. The number of rotatable bonds is 5. The summed E-state index contributed by atoms with van der Waals surface area (Å²) in [6, 6.07) is 3.86. The number of fused-ring (bicyclic) bond motifs is 1. The summed E-state index contributed by atoms with van der Waals surface area (Å²) in [5.74, 6) is -0.0691. The number of pyridine rings is 2. The van der Waals surface area contributed by atoms with E-state index in [-0.39, 0.29) is 11.5 Å². The van der Waals surface area contributed by atoms with Crippen molar-refractivity contribution in [1.82, 2.24) is 30.8 Å². The summed E-state index contributed by atoms with van der Waals surface area (Å²) in [6.45, 7) is 9.40. The molecule has 2 aliphatic heterocycles. The third kappa shape index (κ3) is 3.90. The average Bonchev–Trinajstić information content (AvgIpc) is 2.81. The Morgan fingerprint density at radius 1 is 1.28 bits per heavy atom. The molecule has 4 N–H and O–H groups in total. The molecule has 8 nitrogen and oxygen atoms in total. The van der Waals surface area contributed by atoms with Crippen LogP contribution >= 0.6 is 0 Å². The van der Waals surface area contributed by atoms with Crippen molar-refractivity contribution in [1.29, 1.82) is 0 Å². The molecule has 0 aromatic carbocycles. The number of hydrogen-bond donors (Lipinski definition) is 4. The Morgan fingerprint density at radius 2 is 2.03 bits per heavy atom. The largest absolute Gasteiger partial charge is 0.372 e. The van der Waals surface area contributed by atoms with Gasteiger partial charge in [-0.1, -0.05) is 6.92 Å². The number of aromatic amines is 1. The Labute approximate surface area is 188 Å². The number of nitrogens with one attached hydrogen (secondary N) is 4. The summed E-state index contributed by atoms with van der Waals surface area (Å²) in [6.07, 6.45) is 5.09. The molecule has 4 heterocycles. The third-order valence-corrected chi connectivity index (χ3v) is 6.51. The van der Waals surface area contributed by atoms with Crippen molar-refractivity contribution >= 4 is 16.9 Å². The summed E-state index contributed by atoms with van der Waals surface area (Å²) in [7, 11) is 1.67. The number of aromatic nitrogens is 2. The molecule has 1 amide bonds.